The van der Waals surface area contributed by atoms with Crippen molar-refractivity contribution in [3.63, 3.8) is 0 Å². The number of hydrogen-bond acceptors (Lipinski definition) is 6. The fourth-order valence-electron chi connectivity index (χ4n) is 2.47. The molecule has 2 aromatic heterocycles. The van der Waals surface area contributed by atoms with Crippen molar-refractivity contribution in [2.45, 2.75) is 13.8 Å². The second kappa shape index (κ2) is 5.64. The van der Waals surface area contributed by atoms with Crippen LogP contribution in [0.1, 0.15) is 17.0 Å². The minimum atomic E-state index is 0.170. The molecule has 0 spiro atoms. The Morgan fingerprint density at radius 1 is 1.25 bits per heavy atom. The molecule has 0 N–H and O–H groups in total. The van der Waals surface area contributed by atoms with E-state index in [4.69, 9.17) is 21.1 Å². The van der Waals surface area contributed by atoms with Crippen LogP contribution in [-0.4, -0.2) is 37.7 Å². The van der Waals surface area contributed by atoms with E-state index in [9.17, 15) is 0 Å². The van der Waals surface area contributed by atoms with Crippen LogP contribution < -0.4 is 9.47 Å². The molecule has 24 heavy (non-hydrogen) atoms. The van der Waals surface area contributed by atoms with E-state index in [2.05, 4.69) is 20.4 Å². The van der Waals surface area contributed by atoms with Crippen molar-refractivity contribution in [1.82, 2.24) is 24.7 Å². The molecular formula is C15H13ClN6O2. The predicted octanol–water partition coefficient (Wildman–Crippen LogP) is 2.34. The van der Waals surface area contributed by atoms with Gasteiger partial charge in [0.2, 0.25) is 6.79 Å². The third-order valence-corrected chi connectivity index (χ3v) is 3.77. The molecule has 3 heterocycles. The molecule has 0 radical (unpaired) electrons. The van der Waals surface area contributed by atoms with E-state index in [1.54, 1.807) is 17.0 Å². The molecule has 1 aliphatic rings. The zero-order valence-electron chi connectivity index (χ0n) is 13.0. The van der Waals surface area contributed by atoms with Crippen molar-refractivity contribution >= 4 is 17.8 Å². The molecule has 122 valence electrons. The van der Waals surface area contributed by atoms with Crippen LogP contribution in [0.4, 0.5) is 0 Å². The van der Waals surface area contributed by atoms with Gasteiger partial charge in [-0.15, -0.1) is 10.2 Å². The monoisotopic (exact) mass is 344 g/mol. The van der Waals surface area contributed by atoms with Gasteiger partial charge in [-0.25, -0.2) is 4.68 Å². The molecule has 0 saturated carbocycles. The normalized spacial score (nSPS) is 13.1. The summed E-state index contributed by atoms with van der Waals surface area (Å²) in [6.45, 7) is 4.03. The first-order valence-corrected chi connectivity index (χ1v) is 7.57. The van der Waals surface area contributed by atoms with Gasteiger partial charge in [-0.1, -0.05) is 11.6 Å². The quantitative estimate of drug-likeness (QED) is 0.681. The number of ether oxygens (including phenoxy) is 2. The zero-order chi connectivity index (χ0) is 16.7. The number of aromatic nitrogens is 5. The summed E-state index contributed by atoms with van der Waals surface area (Å²) in [6.07, 6.45) is 3.16. The first-order valence-electron chi connectivity index (χ1n) is 7.19. The van der Waals surface area contributed by atoms with Gasteiger partial charge < -0.3 is 9.47 Å². The first-order chi connectivity index (χ1) is 11.6. The maximum absolute atomic E-state index is 6.17. The lowest BCUT2D eigenvalue weighted by atomic mass is 10.2. The number of benzene rings is 1. The molecular weight excluding hydrogens is 332 g/mol. The Morgan fingerprint density at radius 3 is 2.92 bits per heavy atom. The average Bonchev–Trinajstić information content (AvgIpc) is 3.24. The van der Waals surface area contributed by atoms with Gasteiger partial charge >= 0.3 is 0 Å². The van der Waals surface area contributed by atoms with E-state index >= 15 is 0 Å². The first kappa shape index (κ1) is 14.7. The van der Waals surface area contributed by atoms with E-state index in [1.165, 1.54) is 11.0 Å². The van der Waals surface area contributed by atoms with Crippen molar-refractivity contribution in [2.24, 2.45) is 5.10 Å². The van der Waals surface area contributed by atoms with E-state index in [0.717, 1.165) is 17.0 Å². The summed E-state index contributed by atoms with van der Waals surface area (Å²) in [7, 11) is 0. The van der Waals surface area contributed by atoms with Crippen molar-refractivity contribution in [1.29, 1.82) is 0 Å². The summed E-state index contributed by atoms with van der Waals surface area (Å²) in [5.74, 6) is 1.66. The minimum absolute atomic E-state index is 0.170. The van der Waals surface area contributed by atoms with E-state index in [0.29, 0.717) is 22.5 Å². The standard InChI is InChI=1S/C15H13ClN6O2/c1-9-3-10(2)22(20-9)15-19-17-7-21(15)18-6-11-4-12(16)14-13(5-11)23-8-24-14/h3-7H,8H2,1-2H3/b18-6-. The van der Waals surface area contributed by atoms with Gasteiger partial charge in [0, 0.05) is 5.69 Å². The summed E-state index contributed by atoms with van der Waals surface area (Å²) >= 11 is 6.17. The average molecular weight is 345 g/mol. The van der Waals surface area contributed by atoms with Crippen LogP contribution in [0.25, 0.3) is 5.95 Å². The molecule has 1 aromatic carbocycles. The van der Waals surface area contributed by atoms with Gasteiger partial charge in [0.25, 0.3) is 5.95 Å². The third-order valence-electron chi connectivity index (χ3n) is 3.49. The van der Waals surface area contributed by atoms with E-state index in [1.807, 2.05) is 26.0 Å². The van der Waals surface area contributed by atoms with E-state index < -0.39 is 0 Å². The molecule has 0 amide bonds. The second-order valence-corrected chi connectivity index (χ2v) is 5.70. The van der Waals surface area contributed by atoms with Gasteiger partial charge in [0.15, 0.2) is 11.5 Å². The molecule has 0 aliphatic carbocycles. The fraction of sp³-hybridized carbons (Fsp3) is 0.200. The highest BCUT2D eigenvalue weighted by atomic mass is 35.5. The number of halogens is 1. The highest BCUT2D eigenvalue weighted by molar-refractivity contribution is 6.32. The SMILES string of the molecule is Cc1cc(C)n(-c2nncn2/N=C\c2cc(Cl)c3c(c2)OCO3)n1. The van der Waals surface area contributed by atoms with Crippen LogP contribution in [0.5, 0.6) is 11.5 Å². The molecule has 9 heteroatoms. The number of aryl methyl sites for hydroxylation is 2. The number of hydrogen-bond donors (Lipinski definition) is 0. The van der Waals surface area contributed by atoms with Gasteiger partial charge in [0.1, 0.15) is 6.33 Å². The lowest BCUT2D eigenvalue weighted by Gasteiger charge is -2.03. The Balaban J connectivity index is 1.67. The number of fused-ring (bicyclic) bond motifs is 1. The van der Waals surface area contributed by atoms with Gasteiger partial charge in [0.05, 0.1) is 16.9 Å². The molecule has 8 nitrogen and oxygen atoms in total. The fourth-order valence-corrected chi connectivity index (χ4v) is 2.74. The molecule has 4 rings (SSSR count). The number of rotatable bonds is 3. The summed E-state index contributed by atoms with van der Waals surface area (Å²) in [4.78, 5) is 0. The lowest BCUT2D eigenvalue weighted by molar-refractivity contribution is 0.174. The number of nitrogens with zero attached hydrogens (tertiary/aromatic N) is 6. The van der Waals surface area contributed by atoms with Crippen LogP contribution in [0, 0.1) is 13.8 Å². The Bertz CT molecular complexity index is 946. The maximum atomic E-state index is 6.17. The van der Waals surface area contributed by atoms with Gasteiger partial charge in [-0.3, -0.25) is 0 Å². The zero-order valence-corrected chi connectivity index (χ0v) is 13.7. The summed E-state index contributed by atoms with van der Waals surface area (Å²) in [6, 6.07) is 5.53. The Labute approximate surface area is 142 Å². The van der Waals surface area contributed by atoms with E-state index in [-0.39, 0.29) is 6.79 Å². The van der Waals surface area contributed by atoms with Gasteiger partial charge in [-0.2, -0.15) is 14.9 Å². The van der Waals surface area contributed by atoms with Crippen LogP contribution in [-0.2, 0) is 0 Å². The smallest absolute Gasteiger partial charge is 0.273 e. The molecule has 0 saturated heterocycles. The van der Waals surface area contributed by atoms with Crippen LogP contribution >= 0.6 is 11.6 Å². The topological polar surface area (TPSA) is 79.4 Å². The Morgan fingerprint density at radius 2 is 2.12 bits per heavy atom. The van der Waals surface area contributed by atoms with Crippen molar-refractivity contribution in [2.75, 3.05) is 6.79 Å². The molecule has 1 aliphatic heterocycles. The Kier molecular flexibility index (Phi) is 3.46. The molecule has 0 bridgehead atoms. The van der Waals surface area contributed by atoms with Crippen molar-refractivity contribution < 1.29 is 9.47 Å². The van der Waals surface area contributed by atoms with Crippen LogP contribution in [0.2, 0.25) is 5.02 Å². The Hall–Kier alpha value is -2.87. The minimum Gasteiger partial charge on any atom is -0.454 e. The summed E-state index contributed by atoms with van der Waals surface area (Å²) < 4.78 is 13.9. The second-order valence-electron chi connectivity index (χ2n) is 5.30. The van der Waals surface area contributed by atoms with Gasteiger partial charge in [-0.05, 0) is 37.6 Å². The molecule has 0 fully saturated rings. The molecule has 0 unspecified atom stereocenters. The molecule has 0 atom stereocenters. The summed E-state index contributed by atoms with van der Waals surface area (Å²) in [5.41, 5.74) is 2.62. The lowest BCUT2D eigenvalue weighted by Crippen LogP contribution is -2.06. The van der Waals surface area contributed by atoms with Crippen molar-refractivity contribution in [3.05, 3.63) is 46.5 Å². The highest BCUT2D eigenvalue weighted by Gasteiger charge is 2.18. The molecule has 3 aromatic rings. The van der Waals surface area contributed by atoms with Crippen LogP contribution in [0.15, 0.2) is 29.6 Å². The predicted molar refractivity (Wildman–Crippen MR) is 87.2 cm³/mol. The van der Waals surface area contributed by atoms with Crippen LogP contribution in [0.3, 0.4) is 0 Å². The van der Waals surface area contributed by atoms with Crippen molar-refractivity contribution in [3.8, 4) is 17.4 Å². The maximum Gasteiger partial charge on any atom is 0.273 e. The summed E-state index contributed by atoms with van der Waals surface area (Å²) in [5, 5.41) is 17.2. The highest BCUT2D eigenvalue weighted by Crippen LogP contribution is 2.39. The largest absolute Gasteiger partial charge is 0.454 e. The third kappa shape index (κ3) is 2.50.